The first-order valence-corrected chi connectivity index (χ1v) is 9.03. The molecule has 0 aromatic carbocycles. The van der Waals surface area contributed by atoms with E-state index in [4.69, 9.17) is 4.74 Å². The third-order valence-electron chi connectivity index (χ3n) is 4.21. The van der Waals surface area contributed by atoms with Crippen molar-refractivity contribution in [2.24, 2.45) is 5.92 Å². The molecule has 1 aliphatic heterocycles. The molecule has 1 amide bonds. The number of amides is 1. The van der Waals surface area contributed by atoms with Gasteiger partial charge in [0.2, 0.25) is 5.88 Å². The van der Waals surface area contributed by atoms with E-state index in [1.54, 1.807) is 6.20 Å². The van der Waals surface area contributed by atoms with Crippen molar-refractivity contribution in [3.8, 4) is 5.88 Å². The molecule has 1 aliphatic rings. The minimum Gasteiger partial charge on any atom is -0.477 e. The largest absolute Gasteiger partial charge is 0.477 e. The fourth-order valence-corrected chi connectivity index (χ4v) is 3.69. The molecule has 0 aliphatic carbocycles. The molecule has 128 valence electrons. The molecule has 6 nitrogen and oxygen atoms in total. The molecule has 0 N–H and O–H groups in total. The molecule has 0 saturated carbocycles. The van der Waals surface area contributed by atoms with E-state index in [1.807, 2.05) is 53.1 Å². The lowest BCUT2D eigenvalue weighted by Gasteiger charge is -2.23. The molecule has 3 aromatic heterocycles. The van der Waals surface area contributed by atoms with Gasteiger partial charge in [-0.15, -0.1) is 11.3 Å². The Hall–Kier alpha value is -2.67. The van der Waals surface area contributed by atoms with Crippen molar-refractivity contribution >= 4 is 17.2 Å². The van der Waals surface area contributed by atoms with Crippen molar-refractivity contribution in [3.63, 3.8) is 0 Å². The zero-order valence-corrected chi connectivity index (χ0v) is 14.4. The van der Waals surface area contributed by atoms with Crippen LogP contribution in [0.2, 0.25) is 0 Å². The number of thiophene rings is 1. The smallest absolute Gasteiger partial charge is 0.264 e. The summed E-state index contributed by atoms with van der Waals surface area (Å²) in [4.78, 5) is 23.9. The summed E-state index contributed by atoms with van der Waals surface area (Å²) >= 11 is 1.47. The van der Waals surface area contributed by atoms with E-state index < -0.39 is 0 Å². The molecule has 0 unspecified atom stereocenters. The number of aromatic nitrogens is 3. The van der Waals surface area contributed by atoms with Gasteiger partial charge in [-0.2, -0.15) is 0 Å². The molecule has 4 heterocycles. The van der Waals surface area contributed by atoms with E-state index in [1.165, 1.54) is 11.3 Å². The molecule has 0 radical (unpaired) electrons. The number of ether oxygens (including phenoxy) is 1. The quantitative estimate of drug-likeness (QED) is 0.723. The van der Waals surface area contributed by atoms with Crippen LogP contribution in [0, 0.1) is 5.92 Å². The number of hydrogen-bond acceptors (Lipinski definition) is 5. The zero-order chi connectivity index (χ0) is 17.1. The van der Waals surface area contributed by atoms with Gasteiger partial charge >= 0.3 is 0 Å². The van der Waals surface area contributed by atoms with Crippen molar-refractivity contribution in [2.45, 2.75) is 13.1 Å². The van der Waals surface area contributed by atoms with Crippen LogP contribution in [0.3, 0.4) is 0 Å². The molecule has 0 spiro atoms. The molecular formula is C18H18N4O2S. The summed E-state index contributed by atoms with van der Waals surface area (Å²) in [5.74, 6) is 0.836. The van der Waals surface area contributed by atoms with Gasteiger partial charge in [-0.05, 0) is 17.5 Å². The predicted octanol–water partition coefficient (Wildman–Crippen LogP) is 2.69. The second-order valence-electron chi connectivity index (χ2n) is 6.05. The Morgan fingerprint density at radius 1 is 1.28 bits per heavy atom. The normalized spacial score (nSPS) is 17.0. The molecule has 4 rings (SSSR count). The van der Waals surface area contributed by atoms with Gasteiger partial charge < -0.3 is 14.2 Å². The number of hydrogen-bond donors (Lipinski definition) is 0. The van der Waals surface area contributed by atoms with Crippen molar-refractivity contribution in [3.05, 3.63) is 65.0 Å². The number of nitrogens with zero attached hydrogens (tertiary/aromatic N) is 4. The highest BCUT2D eigenvalue weighted by Crippen LogP contribution is 2.21. The maximum absolute atomic E-state index is 12.8. The van der Waals surface area contributed by atoms with E-state index in [9.17, 15) is 4.79 Å². The summed E-state index contributed by atoms with van der Waals surface area (Å²) < 4.78 is 7.94. The molecule has 0 bridgehead atoms. The van der Waals surface area contributed by atoms with Crippen LogP contribution in [0.5, 0.6) is 5.88 Å². The van der Waals surface area contributed by atoms with Gasteiger partial charge in [-0.3, -0.25) is 4.79 Å². The fourth-order valence-electron chi connectivity index (χ4n) is 3.00. The Kier molecular flexibility index (Phi) is 4.47. The number of fused-ring (bicyclic) bond motifs is 1. The highest BCUT2D eigenvalue weighted by molar-refractivity contribution is 7.12. The minimum atomic E-state index is 0.0625. The summed E-state index contributed by atoms with van der Waals surface area (Å²) in [6.07, 6.45) is 5.36. The molecule has 3 aromatic rings. The van der Waals surface area contributed by atoms with Gasteiger partial charge in [0, 0.05) is 37.5 Å². The lowest BCUT2D eigenvalue weighted by atomic mass is 10.1. The molecule has 0 fully saturated rings. The van der Waals surface area contributed by atoms with E-state index in [-0.39, 0.29) is 11.8 Å². The lowest BCUT2D eigenvalue weighted by Crippen LogP contribution is -2.35. The second-order valence-corrected chi connectivity index (χ2v) is 6.99. The van der Waals surface area contributed by atoms with Gasteiger partial charge in [-0.1, -0.05) is 12.1 Å². The number of imidazole rings is 1. The van der Waals surface area contributed by atoms with Crippen LogP contribution >= 0.6 is 11.3 Å². The maximum Gasteiger partial charge on any atom is 0.264 e. The SMILES string of the molecule is O=C(c1cccs1)N1Cc2cncn2C[C@@H](COc2ccccn2)C1. The zero-order valence-electron chi connectivity index (χ0n) is 13.6. The van der Waals surface area contributed by atoms with Crippen LogP contribution < -0.4 is 4.74 Å². The second kappa shape index (κ2) is 7.06. The third kappa shape index (κ3) is 3.56. The van der Waals surface area contributed by atoms with Gasteiger partial charge in [0.15, 0.2) is 0 Å². The standard InChI is InChI=1S/C18H18N4O2S/c23-18(16-4-3-7-25-16)21-9-14(10-22-13-19-8-15(22)11-21)12-24-17-5-1-2-6-20-17/h1-8,13-14H,9-12H2/t14-/m0/s1. The summed E-state index contributed by atoms with van der Waals surface area (Å²) in [5, 5.41) is 1.93. The first-order chi connectivity index (χ1) is 12.3. The summed E-state index contributed by atoms with van der Waals surface area (Å²) in [6, 6.07) is 9.37. The summed E-state index contributed by atoms with van der Waals surface area (Å²) in [5.41, 5.74) is 1.05. The van der Waals surface area contributed by atoms with E-state index in [0.717, 1.165) is 17.1 Å². The highest BCUT2D eigenvalue weighted by Gasteiger charge is 2.27. The maximum atomic E-state index is 12.8. The van der Waals surface area contributed by atoms with Crippen molar-refractivity contribution in [2.75, 3.05) is 13.2 Å². The predicted molar refractivity (Wildman–Crippen MR) is 94.5 cm³/mol. The van der Waals surface area contributed by atoms with Crippen molar-refractivity contribution in [1.29, 1.82) is 0 Å². The first-order valence-electron chi connectivity index (χ1n) is 8.15. The Bertz CT molecular complexity index is 832. The Morgan fingerprint density at radius 2 is 2.24 bits per heavy atom. The topological polar surface area (TPSA) is 60.2 Å². The van der Waals surface area contributed by atoms with Gasteiger partial charge in [-0.25, -0.2) is 9.97 Å². The number of carbonyl (C=O) groups excluding carboxylic acids is 1. The summed E-state index contributed by atoms with van der Waals surface area (Å²) in [6.45, 7) is 2.49. The number of pyridine rings is 1. The van der Waals surface area contributed by atoms with Gasteiger partial charge in [0.1, 0.15) is 0 Å². The van der Waals surface area contributed by atoms with Crippen LogP contribution in [0.4, 0.5) is 0 Å². The average molecular weight is 354 g/mol. The van der Waals surface area contributed by atoms with Crippen LogP contribution in [0.1, 0.15) is 15.4 Å². The first kappa shape index (κ1) is 15.8. The molecule has 7 heteroatoms. The minimum absolute atomic E-state index is 0.0625. The monoisotopic (exact) mass is 354 g/mol. The third-order valence-corrected chi connectivity index (χ3v) is 5.07. The molecule has 0 saturated heterocycles. The van der Waals surface area contributed by atoms with Crippen LogP contribution in [-0.4, -0.2) is 38.5 Å². The molecule has 25 heavy (non-hydrogen) atoms. The number of rotatable bonds is 4. The van der Waals surface area contributed by atoms with Crippen LogP contribution in [-0.2, 0) is 13.1 Å². The van der Waals surface area contributed by atoms with Gasteiger partial charge in [0.25, 0.3) is 5.91 Å². The highest BCUT2D eigenvalue weighted by atomic mass is 32.1. The Balaban J connectivity index is 1.52. The molecule has 1 atom stereocenters. The van der Waals surface area contributed by atoms with Gasteiger partial charge in [0.05, 0.1) is 30.1 Å². The van der Waals surface area contributed by atoms with Crippen molar-refractivity contribution < 1.29 is 9.53 Å². The van der Waals surface area contributed by atoms with Crippen LogP contribution in [0.15, 0.2) is 54.4 Å². The van der Waals surface area contributed by atoms with Crippen LogP contribution in [0.25, 0.3) is 0 Å². The average Bonchev–Trinajstić information content (AvgIpc) is 3.29. The Labute approximate surface area is 149 Å². The molecular weight excluding hydrogens is 336 g/mol. The van der Waals surface area contributed by atoms with E-state index in [0.29, 0.717) is 25.6 Å². The van der Waals surface area contributed by atoms with E-state index >= 15 is 0 Å². The summed E-state index contributed by atoms with van der Waals surface area (Å²) in [7, 11) is 0. The lowest BCUT2D eigenvalue weighted by molar-refractivity contribution is 0.0705. The van der Waals surface area contributed by atoms with E-state index in [2.05, 4.69) is 14.5 Å². The fraction of sp³-hybridized carbons (Fsp3) is 0.278. The van der Waals surface area contributed by atoms with Crippen molar-refractivity contribution in [1.82, 2.24) is 19.4 Å². The Morgan fingerprint density at radius 3 is 3.04 bits per heavy atom. The number of carbonyl (C=O) groups is 1.